The van der Waals surface area contributed by atoms with Gasteiger partial charge in [0, 0.05) is 25.9 Å². The molecule has 0 unspecified atom stereocenters. The lowest BCUT2D eigenvalue weighted by Crippen LogP contribution is -2.51. The highest BCUT2D eigenvalue weighted by Crippen LogP contribution is 2.37. The molecule has 0 aromatic carbocycles. The van der Waals surface area contributed by atoms with Crippen molar-refractivity contribution in [1.29, 1.82) is 0 Å². The second-order valence-electron chi connectivity index (χ2n) is 4.32. The van der Waals surface area contributed by atoms with Gasteiger partial charge in [-0.2, -0.15) is 22.0 Å². The van der Waals surface area contributed by atoms with Crippen molar-refractivity contribution in [1.82, 2.24) is 4.90 Å². The van der Waals surface area contributed by atoms with E-state index in [1.54, 1.807) is 0 Å². The zero-order valence-electron chi connectivity index (χ0n) is 10.9. The Labute approximate surface area is 126 Å². The number of nitrogens with zero attached hydrogens (tertiary/aromatic N) is 2. The molecule has 15 heteroatoms. The van der Waals surface area contributed by atoms with Crippen molar-refractivity contribution in [2.24, 2.45) is 0 Å². The monoisotopic (exact) mass is 387 g/mol. The third-order valence-electron chi connectivity index (χ3n) is 2.67. The van der Waals surface area contributed by atoms with Gasteiger partial charge in [-0.25, -0.2) is 16.8 Å². The van der Waals surface area contributed by atoms with Crippen LogP contribution in [0.1, 0.15) is 12.8 Å². The Kier molecular flexibility index (Phi) is 5.08. The smallest absolute Gasteiger partial charge is 0.423 e. The van der Waals surface area contributed by atoms with Crippen molar-refractivity contribution >= 4 is 31.7 Å². The Morgan fingerprint density at radius 2 is 1.39 bits per heavy atom. The lowest BCUT2D eigenvalue weighted by Gasteiger charge is -2.32. The standard InChI is InChI=1S/C8H8F5N2O6S2/c9-7(10,6(17)15-3-1-5(16)2-4-15)22(18,19)14-23(20,21)8(11,12)13/h1-4H2/q-1. The fourth-order valence-electron chi connectivity index (χ4n) is 1.47. The Morgan fingerprint density at radius 1 is 0.957 bits per heavy atom. The Balaban J connectivity index is 3.06. The van der Waals surface area contributed by atoms with Crippen molar-refractivity contribution in [3.05, 3.63) is 4.13 Å². The second kappa shape index (κ2) is 5.94. The Morgan fingerprint density at radius 3 is 1.78 bits per heavy atom. The first kappa shape index (κ1) is 19.7. The van der Waals surface area contributed by atoms with Crippen LogP contribution in [0.2, 0.25) is 0 Å². The molecule has 1 heterocycles. The molecule has 0 aromatic heterocycles. The van der Waals surface area contributed by atoms with Gasteiger partial charge in [-0.05, 0) is 0 Å². The topological polar surface area (TPSA) is 120 Å². The summed E-state index contributed by atoms with van der Waals surface area (Å²) >= 11 is 0. The number of carbonyl (C=O) groups is 2. The third kappa shape index (κ3) is 3.95. The molecule has 0 spiro atoms. The highest BCUT2D eigenvalue weighted by molar-refractivity contribution is 8.13. The molecule has 8 nitrogen and oxygen atoms in total. The Hall–Kier alpha value is -1.35. The van der Waals surface area contributed by atoms with Gasteiger partial charge in [-0.1, -0.05) is 0 Å². The molecular weight excluding hydrogens is 379 g/mol. The van der Waals surface area contributed by atoms with Crippen molar-refractivity contribution in [3.8, 4) is 0 Å². The summed E-state index contributed by atoms with van der Waals surface area (Å²) in [6.45, 7) is -1.15. The summed E-state index contributed by atoms with van der Waals surface area (Å²) in [7, 11) is -13.4. The number of carbonyl (C=O) groups excluding carboxylic acids is 2. The molecule has 0 saturated carbocycles. The van der Waals surface area contributed by atoms with E-state index in [0.717, 1.165) is 0 Å². The quantitative estimate of drug-likeness (QED) is 0.641. The largest absolute Gasteiger partial charge is 0.480 e. The fourth-order valence-corrected chi connectivity index (χ4v) is 3.57. The number of alkyl halides is 5. The van der Waals surface area contributed by atoms with E-state index in [4.69, 9.17) is 0 Å². The summed E-state index contributed by atoms with van der Waals surface area (Å²) in [6.07, 6.45) is -0.695. The molecule has 0 N–H and O–H groups in total. The molecule has 1 rings (SSSR count). The summed E-state index contributed by atoms with van der Waals surface area (Å²) in [5.74, 6) is -2.84. The van der Waals surface area contributed by atoms with E-state index < -0.39 is 49.8 Å². The van der Waals surface area contributed by atoms with Crippen molar-refractivity contribution in [2.75, 3.05) is 13.1 Å². The van der Waals surface area contributed by atoms with Crippen LogP contribution < -0.4 is 0 Å². The van der Waals surface area contributed by atoms with Gasteiger partial charge >= 0.3 is 16.7 Å². The SMILES string of the molecule is O=C1CCN(C(=O)C(F)(F)S(=O)(=O)[N-]S(=O)(=O)C(F)(F)F)CC1. The molecule has 1 aliphatic heterocycles. The number of rotatable bonds is 4. The maximum absolute atomic E-state index is 13.6. The average Bonchev–Trinajstić information content (AvgIpc) is 2.36. The van der Waals surface area contributed by atoms with E-state index >= 15 is 0 Å². The average molecular weight is 387 g/mol. The van der Waals surface area contributed by atoms with Gasteiger partial charge in [0.2, 0.25) is 0 Å². The molecular formula is C8H8F5N2O6S2-. The molecule has 1 aliphatic rings. The normalized spacial score (nSPS) is 18.1. The number of Topliss-reactive ketones (excluding diaryl/α,β-unsaturated/α-hetero) is 1. The number of halogens is 5. The first-order valence-electron chi connectivity index (χ1n) is 5.61. The number of hydrogen-bond donors (Lipinski definition) is 0. The number of sulfonamides is 2. The molecule has 0 radical (unpaired) electrons. The van der Waals surface area contributed by atoms with Gasteiger partial charge in [-0.15, -0.1) is 0 Å². The zero-order chi connectivity index (χ0) is 18.3. The minimum atomic E-state index is -6.78. The fraction of sp³-hybridized carbons (Fsp3) is 0.750. The molecule has 1 saturated heterocycles. The van der Waals surface area contributed by atoms with Crippen LogP contribution >= 0.6 is 0 Å². The number of piperidine rings is 1. The summed E-state index contributed by atoms with van der Waals surface area (Å²) in [4.78, 5) is 22.6. The molecule has 0 aromatic rings. The van der Waals surface area contributed by atoms with E-state index in [1.165, 1.54) is 4.13 Å². The highest BCUT2D eigenvalue weighted by atomic mass is 32.3. The number of hydrogen-bond acceptors (Lipinski definition) is 6. The molecule has 0 aliphatic carbocycles. The van der Waals surface area contributed by atoms with E-state index in [0.29, 0.717) is 0 Å². The number of amides is 1. The minimum absolute atomic E-state index is 0.231. The predicted octanol–water partition coefficient (Wildman–Crippen LogP) is 0.324. The lowest BCUT2D eigenvalue weighted by atomic mass is 10.1. The van der Waals surface area contributed by atoms with Crippen molar-refractivity contribution in [2.45, 2.75) is 23.6 Å². The van der Waals surface area contributed by atoms with E-state index in [1.807, 2.05) is 0 Å². The summed E-state index contributed by atoms with van der Waals surface area (Å²) in [6, 6.07) is 0. The van der Waals surface area contributed by atoms with Gasteiger partial charge in [0.1, 0.15) is 5.78 Å². The maximum atomic E-state index is 13.6. The van der Waals surface area contributed by atoms with Crippen LogP contribution in [-0.2, 0) is 29.6 Å². The van der Waals surface area contributed by atoms with Gasteiger partial charge < -0.3 is 9.03 Å². The summed E-state index contributed by atoms with van der Waals surface area (Å²) in [5.41, 5.74) is -6.23. The highest BCUT2D eigenvalue weighted by Gasteiger charge is 2.53. The number of likely N-dealkylation sites (tertiary alicyclic amines) is 1. The Bertz CT molecular complexity index is 704. The van der Waals surface area contributed by atoms with Crippen molar-refractivity contribution < 1.29 is 48.4 Å². The number of ketones is 1. The van der Waals surface area contributed by atoms with Gasteiger partial charge in [0.25, 0.3) is 0 Å². The first-order chi connectivity index (χ1) is 10.1. The third-order valence-corrected chi connectivity index (χ3v) is 5.65. The van der Waals surface area contributed by atoms with E-state index in [-0.39, 0.29) is 23.5 Å². The molecule has 1 fully saturated rings. The van der Waals surface area contributed by atoms with Gasteiger partial charge in [0.05, 0.1) is 0 Å². The lowest BCUT2D eigenvalue weighted by molar-refractivity contribution is -0.148. The van der Waals surface area contributed by atoms with Gasteiger partial charge in [0.15, 0.2) is 20.0 Å². The van der Waals surface area contributed by atoms with Crippen LogP contribution in [0.25, 0.3) is 4.13 Å². The van der Waals surface area contributed by atoms with Crippen LogP contribution in [0.15, 0.2) is 0 Å². The molecule has 0 atom stereocenters. The van der Waals surface area contributed by atoms with Crippen molar-refractivity contribution in [3.63, 3.8) is 0 Å². The van der Waals surface area contributed by atoms with Crippen LogP contribution in [-0.4, -0.2) is 57.3 Å². The van der Waals surface area contributed by atoms with E-state index in [9.17, 15) is 48.4 Å². The van der Waals surface area contributed by atoms with Crippen LogP contribution in [0, 0.1) is 0 Å². The molecule has 0 bridgehead atoms. The second-order valence-corrected chi connectivity index (χ2v) is 7.79. The molecule has 1 amide bonds. The van der Waals surface area contributed by atoms with Gasteiger partial charge in [-0.3, -0.25) is 9.59 Å². The predicted molar refractivity (Wildman–Crippen MR) is 63.0 cm³/mol. The molecule has 23 heavy (non-hydrogen) atoms. The minimum Gasteiger partial charge on any atom is -0.423 e. The van der Waals surface area contributed by atoms with Crippen LogP contribution in [0.5, 0.6) is 0 Å². The maximum Gasteiger partial charge on any atom is 0.480 e. The van der Waals surface area contributed by atoms with Crippen LogP contribution in [0.4, 0.5) is 22.0 Å². The van der Waals surface area contributed by atoms with E-state index in [2.05, 4.69) is 0 Å². The first-order valence-corrected chi connectivity index (χ1v) is 8.49. The van der Waals surface area contributed by atoms with Crippen LogP contribution in [0.3, 0.4) is 0 Å². The molecule has 134 valence electrons. The summed E-state index contributed by atoms with van der Waals surface area (Å²) < 4.78 is 108. The summed E-state index contributed by atoms with van der Waals surface area (Å²) in [5, 5.41) is -5.52. The zero-order valence-corrected chi connectivity index (χ0v) is 12.5.